The summed E-state index contributed by atoms with van der Waals surface area (Å²) in [6.07, 6.45) is 3.35. The topological polar surface area (TPSA) is 75.4 Å². The van der Waals surface area contributed by atoms with E-state index in [9.17, 15) is 9.59 Å². The lowest BCUT2D eigenvalue weighted by molar-refractivity contribution is -0.121. The van der Waals surface area contributed by atoms with Crippen LogP contribution in [0.4, 0.5) is 5.69 Å². The van der Waals surface area contributed by atoms with Crippen molar-refractivity contribution in [1.29, 1.82) is 0 Å². The maximum atomic E-state index is 12.4. The zero-order valence-corrected chi connectivity index (χ0v) is 15.7. The molecule has 1 aromatic rings. The molecule has 0 heterocycles. The van der Waals surface area contributed by atoms with Crippen LogP contribution in [0.25, 0.3) is 0 Å². The van der Waals surface area contributed by atoms with E-state index in [1.54, 1.807) is 23.1 Å². The van der Waals surface area contributed by atoms with Gasteiger partial charge in [-0.3, -0.25) is 9.59 Å². The second kappa shape index (κ2) is 8.70. The van der Waals surface area contributed by atoms with Gasteiger partial charge in [-0.25, -0.2) is 0 Å². The Morgan fingerprint density at radius 3 is 2.33 bits per heavy atom. The van der Waals surface area contributed by atoms with Crippen LogP contribution in [0.2, 0.25) is 5.02 Å². The number of benzene rings is 1. The molecule has 0 spiro atoms. The Balaban J connectivity index is 0.00000288. The summed E-state index contributed by atoms with van der Waals surface area (Å²) in [7, 11) is 0. The second-order valence-corrected chi connectivity index (χ2v) is 6.40. The average Bonchev–Trinajstić information content (AvgIpc) is 2.96. The molecule has 0 radical (unpaired) electrons. The molecular formula is C17H25Cl2N3O2. The Morgan fingerprint density at radius 2 is 1.83 bits per heavy atom. The molecular weight excluding hydrogens is 349 g/mol. The van der Waals surface area contributed by atoms with Crippen molar-refractivity contribution in [2.24, 2.45) is 5.73 Å². The van der Waals surface area contributed by atoms with E-state index in [2.05, 4.69) is 5.32 Å². The quantitative estimate of drug-likeness (QED) is 0.829. The number of nitrogens with one attached hydrogen (secondary N) is 1. The van der Waals surface area contributed by atoms with Crippen molar-refractivity contribution in [3.05, 3.63) is 28.8 Å². The minimum Gasteiger partial charge on any atom is -0.339 e. The third-order valence-corrected chi connectivity index (χ3v) is 4.77. The third-order valence-electron chi connectivity index (χ3n) is 4.46. The normalized spacial score (nSPS) is 15.5. The molecule has 3 N–H and O–H groups in total. The number of hydrogen-bond acceptors (Lipinski definition) is 3. The molecule has 1 aromatic carbocycles. The molecule has 2 amide bonds. The Kier molecular flexibility index (Phi) is 7.52. The van der Waals surface area contributed by atoms with Crippen molar-refractivity contribution < 1.29 is 9.59 Å². The highest BCUT2D eigenvalue weighted by Gasteiger charge is 2.37. The van der Waals surface area contributed by atoms with Gasteiger partial charge in [0.15, 0.2) is 0 Å². The van der Waals surface area contributed by atoms with Crippen LogP contribution in [0.5, 0.6) is 0 Å². The summed E-state index contributed by atoms with van der Waals surface area (Å²) in [4.78, 5) is 26.4. The standard InChI is InChI=1S/C17H24ClN3O2.ClH/c1-3-21(4-2)15(22)13-8-7-12(11-14(13)18)20-16(23)17(19)9-5-6-10-17;/h7-8,11H,3-6,9-10,19H2,1-2H3,(H,20,23);1H. The first-order valence-corrected chi connectivity index (χ1v) is 8.48. The summed E-state index contributed by atoms with van der Waals surface area (Å²) in [6.45, 7) is 5.10. The number of rotatable bonds is 5. The summed E-state index contributed by atoms with van der Waals surface area (Å²) in [5.41, 5.74) is 6.35. The van der Waals surface area contributed by atoms with Gasteiger partial charge in [-0.15, -0.1) is 12.4 Å². The van der Waals surface area contributed by atoms with E-state index in [0.717, 1.165) is 12.8 Å². The molecule has 5 nitrogen and oxygen atoms in total. The Hall–Kier alpha value is -1.30. The zero-order valence-electron chi connectivity index (χ0n) is 14.1. The number of carbonyl (C=O) groups excluding carboxylic acids is 2. The van der Waals surface area contributed by atoms with E-state index in [1.165, 1.54) is 0 Å². The molecule has 134 valence electrons. The largest absolute Gasteiger partial charge is 0.339 e. The SMILES string of the molecule is CCN(CC)C(=O)c1ccc(NC(=O)C2(N)CCCC2)cc1Cl.Cl. The fraction of sp³-hybridized carbons (Fsp3) is 0.529. The Morgan fingerprint density at radius 1 is 1.25 bits per heavy atom. The van der Waals surface area contributed by atoms with E-state index in [4.69, 9.17) is 17.3 Å². The summed E-state index contributed by atoms with van der Waals surface area (Å²) >= 11 is 6.23. The fourth-order valence-electron chi connectivity index (χ4n) is 2.94. The van der Waals surface area contributed by atoms with Gasteiger partial charge in [-0.1, -0.05) is 24.4 Å². The summed E-state index contributed by atoms with van der Waals surface area (Å²) in [6, 6.07) is 4.95. The fourth-order valence-corrected chi connectivity index (χ4v) is 3.20. The first-order valence-electron chi connectivity index (χ1n) is 8.10. The first-order chi connectivity index (χ1) is 10.9. The van der Waals surface area contributed by atoms with Gasteiger partial charge >= 0.3 is 0 Å². The summed E-state index contributed by atoms with van der Waals surface area (Å²) in [5, 5.41) is 3.15. The predicted octanol–water partition coefficient (Wildman–Crippen LogP) is 3.45. The van der Waals surface area contributed by atoms with Crippen LogP contribution in [0, 0.1) is 0 Å². The highest BCUT2D eigenvalue weighted by molar-refractivity contribution is 6.34. The van der Waals surface area contributed by atoms with Crippen LogP contribution in [0.3, 0.4) is 0 Å². The van der Waals surface area contributed by atoms with Gasteiger partial charge < -0.3 is 16.0 Å². The van der Waals surface area contributed by atoms with E-state index in [1.807, 2.05) is 13.8 Å². The van der Waals surface area contributed by atoms with E-state index in [-0.39, 0.29) is 24.2 Å². The van der Waals surface area contributed by atoms with Crippen molar-refractivity contribution in [2.75, 3.05) is 18.4 Å². The molecule has 0 unspecified atom stereocenters. The highest BCUT2D eigenvalue weighted by Crippen LogP contribution is 2.29. The van der Waals surface area contributed by atoms with Crippen LogP contribution < -0.4 is 11.1 Å². The lowest BCUT2D eigenvalue weighted by Crippen LogP contribution is -2.48. The van der Waals surface area contributed by atoms with Crippen molar-refractivity contribution in [3.8, 4) is 0 Å². The van der Waals surface area contributed by atoms with E-state index < -0.39 is 5.54 Å². The Labute approximate surface area is 154 Å². The van der Waals surface area contributed by atoms with Crippen LogP contribution in [-0.4, -0.2) is 35.3 Å². The first kappa shape index (κ1) is 20.7. The number of anilines is 1. The molecule has 1 fully saturated rings. The van der Waals surface area contributed by atoms with E-state index in [0.29, 0.717) is 42.2 Å². The lowest BCUT2D eigenvalue weighted by atomic mass is 9.98. The van der Waals surface area contributed by atoms with Gasteiger partial charge in [0.05, 0.1) is 16.1 Å². The molecule has 1 saturated carbocycles. The lowest BCUT2D eigenvalue weighted by Gasteiger charge is -2.23. The smallest absolute Gasteiger partial charge is 0.255 e. The van der Waals surface area contributed by atoms with Crippen molar-refractivity contribution in [2.45, 2.75) is 45.1 Å². The van der Waals surface area contributed by atoms with Gasteiger partial charge in [-0.2, -0.15) is 0 Å². The minimum absolute atomic E-state index is 0. The summed E-state index contributed by atoms with van der Waals surface area (Å²) < 4.78 is 0. The maximum absolute atomic E-state index is 12.4. The molecule has 0 aromatic heterocycles. The predicted molar refractivity (Wildman–Crippen MR) is 100.0 cm³/mol. The van der Waals surface area contributed by atoms with Crippen LogP contribution in [-0.2, 0) is 4.79 Å². The number of halogens is 2. The van der Waals surface area contributed by atoms with Crippen LogP contribution in [0.1, 0.15) is 49.9 Å². The van der Waals surface area contributed by atoms with Crippen LogP contribution in [0.15, 0.2) is 18.2 Å². The second-order valence-electron chi connectivity index (χ2n) is 5.99. The third kappa shape index (κ3) is 4.41. The molecule has 0 aliphatic heterocycles. The van der Waals surface area contributed by atoms with Gasteiger partial charge in [-0.05, 0) is 44.9 Å². The van der Waals surface area contributed by atoms with Crippen LogP contribution >= 0.6 is 24.0 Å². The molecule has 0 saturated heterocycles. The molecule has 24 heavy (non-hydrogen) atoms. The van der Waals surface area contributed by atoms with E-state index >= 15 is 0 Å². The minimum atomic E-state index is -0.789. The summed E-state index contributed by atoms with van der Waals surface area (Å²) in [5.74, 6) is -0.294. The van der Waals surface area contributed by atoms with Gasteiger partial charge in [0.25, 0.3) is 5.91 Å². The number of hydrogen-bond donors (Lipinski definition) is 2. The van der Waals surface area contributed by atoms with Crippen molar-refractivity contribution in [3.63, 3.8) is 0 Å². The van der Waals surface area contributed by atoms with Gasteiger partial charge in [0, 0.05) is 18.8 Å². The molecule has 1 aliphatic rings. The average molecular weight is 374 g/mol. The Bertz CT molecular complexity index is 597. The van der Waals surface area contributed by atoms with Crippen molar-refractivity contribution >= 4 is 41.5 Å². The number of nitrogens with zero attached hydrogens (tertiary/aromatic N) is 1. The number of nitrogens with two attached hydrogens (primary N) is 1. The molecule has 2 rings (SSSR count). The van der Waals surface area contributed by atoms with Gasteiger partial charge in [0.1, 0.15) is 0 Å². The maximum Gasteiger partial charge on any atom is 0.255 e. The number of amides is 2. The molecule has 0 bridgehead atoms. The zero-order chi connectivity index (χ0) is 17.0. The highest BCUT2D eigenvalue weighted by atomic mass is 35.5. The molecule has 7 heteroatoms. The monoisotopic (exact) mass is 373 g/mol. The van der Waals surface area contributed by atoms with Crippen molar-refractivity contribution in [1.82, 2.24) is 4.90 Å². The molecule has 1 aliphatic carbocycles. The number of carbonyl (C=O) groups is 2. The van der Waals surface area contributed by atoms with Gasteiger partial charge in [0.2, 0.25) is 5.91 Å². The molecule has 0 atom stereocenters.